The summed E-state index contributed by atoms with van der Waals surface area (Å²) in [5.41, 5.74) is 0.721. The Morgan fingerprint density at radius 2 is 2.12 bits per heavy atom. The summed E-state index contributed by atoms with van der Waals surface area (Å²) in [6.07, 6.45) is 2.31. The van der Waals surface area contributed by atoms with E-state index in [-0.39, 0.29) is 17.7 Å². The molecule has 1 aromatic heterocycles. The van der Waals surface area contributed by atoms with Gasteiger partial charge in [0.15, 0.2) is 5.82 Å². The van der Waals surface area contributed by atoms with Crippen molar-refractivity contribution in [3.8, 4) is 0 Å². The van der Waals surface area contributed by atoms with E-state index in [1.54, 1.807) is 13.2 Å². The molecule has 0 bridgehead atoms. The average Bonchev–Trinajstić information content (AvgIpc) is 3.18. The molecule has 1 saturated heterocycles. The van der Waals surface area contributed by atoms with Crippen molar-refractivity contribution in [2.24, 2.45) is 5.92 Å². The van der Waals surface area contributed by atoms with Crippen LogP contribution in [0.25, 0.3) is 0 Å². The van der Waals surface area contributed by atoms with E-state index in [2.05, 4.69) is 15.0 Å². The zero-order chi connectivity index (χ0) is 16.5. The number of hydrogen-bond donors (Lipinski definition) is 0. The number of methoxy groups -OCH3 is 1. The summed E-state index contributed by atoms with van der Waals surface area (Å²) in [7, 11) is 1.71. The van der Waals surface area contributed by atoms with Crippen molar-refractivity contribution in [1.82, 2.24) is 15.0 Å². The highest BCUT2D eigenvalue weighted by Gasteiger charge is 2.39. The second-order valence-electron chi connectivity index (χ2n) is 6.87. The second kappa shape index (κ2) is 6.61. The van der Waals surface area contributed by atoms with Gasteiger partial charge in [-0.25, -0.2) is 4.39 Å². The highest BCUT2D eigenvalue weighted by atomic mass is 19.1. The maximum atomic E-state index is 13.9. The minimum Gasteiger partial charge on any atom is -0.384 e. The molecule has 1 aromatic carbocycles. The molecule has 2 fully saturated rings. The Morgan fingerprint density at radius 1 is 1.29 bits per heavy atom. The number of aromatic nitrogens is 2. The van der Waals surface area contributed by atoms with Gasteiger partial charge in [0.25, 0.3) is 0 Å². The number of ether oxygens (including phenoxy) is 1. The Kier molecular flexibility index (Phi) is 4.33. The third-order valence-corrected chi connectivity index (χ3v) is 4.97. The van der Waals surface area contributed by atoms with Crippen molar-refractivity contribution in [1.29, 1.82) is 0 Å². The second-order valence-corrected chi connectivity index (χ2v) is 6.87. The van der Waals surface area contributed by atoms with Gasteiger partial charge in [-0.05, 0) is 18.9 Å². The van der Waals surface area contributed by atoms with Gasteiger partial charge in [-0.2, -0.15) is 4.98 Å². The highest BCUT2D eigenvalue weighted by Crippen LogP contribution is 2.40. The number of halogens is 1. The summed E-state index contributed by atoms with van der Waals surface area (Å²) in [6, 6.07) is 6.94. The van der Waals surface area contributed by atoms with E-state index in [0.717, 1.165) is 37.3 Å². The third-order valence-electron chi connectivity index (χ3n) is 4.97. The molecular weight excluding hydrogens is 309 g/mol. The topological polar surface area (TPSA) is 51.4 Å². The Hall–Kier alpha value is -1.79. The van der Waals surface area contributed by atoms with Crippen LogP contribution in [0.3, 0.4) is 0 Å². The minimum atomic E-state index is -0.155. The van der Waals surface area contributed by atoms with Gasteiger partial charge >= 0.3 is 0 Å². The third kappa shape index (κ3) is 3.21. The molecule has 5 nitrogen and oxygen atoms in total. The van der Waals surface area contributed by atoms with E-state index < -0.39 is 0 Å². The van der Waals surface area contributed by atoms with Crippen LogP contribution in [-0.4, -0.2) is 41.8 Å². The fourth-order valence-corrected chi connectivity index (χ4v) is 3.53. The van der Waals surface area contributed by atoms with Crippen LogP contribution in [0.2, 0.25) is 0 Å². The Labute approximate surface area is 140 Å². The van der Waals surface area contributed by atoms with Gasteiger partial charge in [-0.15, -0.1) is 0 Å². The lowest BCUT2D eigenvalue weighted by molar-refractivity contribution is 0.142. The van der Waals surface area contributed by atoms with Gasteiger partial charge in [0, 0.05) is 44.1 Å². The van der Waals surface area contributed by atoms with E-state index in [9.17, 15) is 4.39 Å². The number of rotatable bonds is 6. The maximum Gasteiger partial charge on any atom is 0.231 e. The number of likely N-dealkylation sites (tertiary alicyclic amines) is 1. The lowest BCUT2D eigenvalue weighted by Gasteiger charge is -2.16. The molecule has 1 aliphatic carbocycles. The molecule has 0 spiro atoms. The maximum absolute atomic E-state index is 13.9. The standard InChI is InChI=1S/C18H22FN3O2/c1-23-11-14-9-22(8-13-4-2-3-5-16(13)19)10-15(14)18-20-17(21-24-18)12-6-7-12/h2-5,12,14-15H,6-11H2,1H3/t14-,15+/m0/s1. The minimum absolute atomic E-state index is 0.150. The largest absolute Gasteiger partial charge is 0.384 e. The first-order chi connectivity index (χ1) is 11.7. The molecule has 24 heavy (non-hydrogen) atoms. The summed E-state index contributed by atoms with van der Waals surface area (Å²) in [5, 5.41) is 4.14. The first-order valence-electron chi connectivity index (χ1n) is 8.52. The molecule has 1 aliphatic heterocycles. The first kappa shape index (κ1) is 15.7. The fourth-order valence-electron chi connectivity index (χ4n) is 3.53. The molecular formula is C18H22FN3O2. The van der Waals surface area contributed by atoms with Gasteiger partial charge in [-0.3, -0.25) is 4.90 Å². The summed E-state index contributed by atoms with van der Waals surface area (Å²) in [6.45, 7) is 2.86. The fraction of sp³-hybridized carbons (Fsp3) is 0.556. The zero-order valence-corrected chi connectivity index (χ0v) is 13.8. The molecule has 2 aromatic rings. The Balaban J connectivity index is 1.49. The first-order valence-corrected chi connectivity index (χ1v) is 8.52. The molecule has 2 heterocycles. The monoisotopic (exact) mass is 331 g/mol. The van der Waals surface area contributed by atoms with E-state index in [1.807, 2.05) is 12.1 Å². The molecule has 2 atom stereocenters. The summed E-state index contributed by atoms with van der Waals surface area (Å²) in [5.74, 6) is 2.31. The zero-order valence-electron chi connectivity index (χ0n) is 13.8. The Morgan fingerprint density at radius 3 is 2.88 bits per heavy atom. The van der Waals surface area contributed by atoms with Crippen molar-refractivity contribution < 1.29 is 13.7 Å². The van der Waals surface area contributed by atoms with Crippen LogP contribution >= 0.6 is 0 Å². The van der Waals surface area contributed by atoms with Crippen LogP contribution in [0.5, 0.6) is 0 Å². The van der Waals surface area contributed by atoms with Crippen LogP contribution < -0.4 is 0 Å². The smallest absolute Gasteiger partial charge is 0.231 e. The van der Waals surface area contributed by atoms with Gasteiger partial charge in [0.2, 0.25) is 5.89 Å². The van der Waals surface area contributed by atoms with Crippen molar-refractivity contribution >= 4 is 0 Å². The highest BCUT2D eigenvalue weighted by molar-refractivity contribution is 5.18. The van der Waals surface area contributed by atoms with Crippen molar-refractivity contribution in [2.45, 2.75) is 31.2 Å². The van der Waals surface area contributed by atoms with E-state index in [0.29, 0.717) is 25.0 Å². The summed E-state index contributed by atoms with van der Waals surface area (Å²) in [4.78, 5) is 6.86. The molecule has 0 unspecified atom stereocenters. The Bertz CT molecular complexity index is 701. The molecule has 1 saturated carbocycles. The number of hydrogen-bond acceptors (Lipinski definition) is 5. The van der Waals surface area contributed by atoms with Gasteiger partial charge in [-0.1, -0.05) is 23.4 Å². The van der Waals surface area contributed by atoms with E-state index in [1.165, 1.54) is 6.07 Å². The number of nitrogens with zero attached hydrogens (tertiary/aromatic N) is 3. The quantitative estimate of drug-likeness (QED) is 0.814. The van der Waals surface area contributed by atoms with Crippen molar-refractivity contribution in [3.05, 3.63) is 47.4 Å². The predicted molar refractivity (Wildman–Crippen MR) is 86.1 cm³/mol. The van der Waals surface area contributed by atoms with Crippen LogP contribution in [0.15, 0.2) is 28.8 Å². The predicted octanol–water partition coefficient (Wildman–Crippen LogP) is 2.95. The molecule has 0 radical (unpaired) electrons. The van der Waals surface area contributed by atoms with Crippen molar-refractivity contribution in [3.63, 3.8) is 0 Å². The molecule has 0 amide bonds. The normalized spacial score (nSPS) is 24.6. The molecule has 6 heteroatoms. The number of benzene rings is 1. The molecule has 4 rings (SSSR count). The molecule has 128 valence electrons. The van der Waals surface area contributed by atoms with Crippen LogP contribution in [0.1, 0.15) is 42.0 Å². The van der Waals surface area contributed by atoms with E-state index >= 15 is 0 Å². The van der Waals surface area contributed by atoms with Crippen LogP contribution in [0, 0.1) is 11.7 Å². The van der Waals surface area contributed by atoms with E-state index in [4.69, 9.17) is 9.26 Å². The SMILES string of the molecule is COC[C@@H]1CN(Cc2ccccc2F)C[C@H]1c1nc(C2CC2)no1. The van der Waals surface area contributed by atoms with Crippen LogP contribution in [0.4, 0.5) is 4.39 Å². The van der Waals surface area contributed by atoms with Gasteiger partial charge in [0.05, 0.1) is 12.5 Å². The van der Waals surface area contributed by atoms with Gasteiger partial charge in [0.1, 0.15) is 5.82 Å². The average molecular weight is 331 g/mol. The lowest BCUT2D eigenvalue weighted by atomic mass is 9.97. The van der Waals surface area contributed by atoms with Crippen LogP contribution in [-0.2, 0) is 11.3 Å². The van der Waals surface area contributed by atoms with Gasteiger partial charge < -0.3 is 9.26 Å². The summed E-state index contributed by atoms with van der Waals surface area (Å²) >= 11 is 0. The molecule has 2 aliphatic rings. The lowest BCUT2D eigenvalue weighted by Crippen LogP contribution is -2.21. The van der Waals surface area contributed by atoms with Crippen molar-refractivity contribution in [2.75, 3.05) is 26.8 Å². The summed E-state index contributed by atoms with van der Waals surface area (Å²) < 4.78 is 24.8. The molecule has 0 N–H and O–H groups in total.